The average molecular weight is 261 g/mol. The van der Waals surface area contributed by atoms with Crippen molar-refractivity contribution in [3.8, 4) is 0 Å². The largest absolute Gasteiger partial charge is 0.462 e. The van der Waals surface area contributed by atoms with E-state index in [1.54, 1.807) is 11.8 Å². The molecule has 1 aromatic heterocycles. The van der Waals surface area contributed by atoms with Crippen LogP contribution in [0.15, 0.2) is 23.2 Å². The molecule has 0 bridgehead atoms. The summed E-state index contributed by atoms with van der Waals surface area (Å²) in [5.41, 5.74) is 3.11. The molecular formula is C14H15NO2S. The van der Waals surface area contributed by atoms with Crippen LogP contribution in [0.3, 0.4) is 0 Å². The fourth-order valence-electron chi connectivity index (χ4n) is 2.44. The van der Waals surface area contributed by atoms with E-state index >= 15 is 0 Å². The lowest BCUT2D eigenvalue weighted by molar-refractivity contribution is 0.0524. The minimum atomic E-state index is -0.200. The lowest BCUT2D eigenvalue weighted by atomic mass is 10.1. The van der Waals surface area contributed by atoms with Crippen LogP contribution in [0.4, 0.5) is 0 Å². The Morgan fingerprint density at radius 2 is 2.33 bits per heavy atom. The highest BCUT2D eigenvalue weighted by atomic mass is 32.2. The number of rotatable bonds is 2. The monoisotopic (exact) mass is 261 g/mol. The third-order valence-electron chi connectivity index (χ3n) is 3.21. The van der Waals surface area contributed by atoms with Gasteiger partial charge in [0.2, 0.25) is 0 Å². The van der Waals surface area contributed by atoms with E-state index in [0.717, 1.165) is 33.8 Å². The normalized spacial score (nSPS) is 13.9. The molecule has 0 saturated heterocycles. The van der Waals surface area contributed by atoms with Crippen LogP contribution in [0.1, 0.15) is 22.8 Å². The molecule has 1 aromatic carbocycles. The number of benzene rings is 1. The summed E-state index contributed by atoms with van der Waals surface area (Å²) in [6.07, 6.45) is 0. The molecule has 18 heavy (non-hydrogen) atoms. The van der Waals surface area contributed by atoms with E-state index in [2.05, 4.69) is 17.6 Å². The van der Waals surface area contributed by atoms with E-state index in [0.29, 0.717) is 6.61 Å². The van der Waals surface area contributed by atoms with Crippen molar-refractivity contribution in [2.75, 3.05) is 12.4 Å². The van der Waals surface area contributed by atoms with Gasteiger partial charge in [-0.05, 0) is 25.5 Å². The molecule has 3 rings (SSSR count). The summed E-state index contributed by atoms with van der Waals surface area (Å²) in [5.74, 6) is 0.834. The van der Waals surface area contributed by atoms with Crippen molar-refractivity contribution < 1.29 is 9.53 Å². The molecular weight excluding hydrogens is 246 g/mol. The lowest BCUT2D eigenvalue weighted by Crippen LogP contribution is -2.05. The molecule has 0 unspecified atom stereocenters. The maximum absolute atomic E-state index is 12.1. The number of aryl methyl sites for hydroxylation is 2. The zero-order valence-corrected chi connectivity index (χ0v) is 11.3. The summed E-state index contributed by atoms with van der Waals surface area (Å²) in [5, 5.41) is 2.08. The fraction of sp³-hybridized carbons (Fsp3) is 0.357. The number of fused-ring (bicyclic) bond motifs is 3. The Morgan fingerprint density at radius 3 is 3.11 bits per heavy atom. The Bertz CT molecular complexity index is 630. The topological polar surface area (TPSA) is 31.2 Å². The van der Waals surface area contributed by atoms with Gasteiger partial charge in [0.15, 0.2) is 0 Å². The highest BCUT2D eigenvalue weighted by molar-refractivity contribution is 7.99. The molecule has 2 aromatic rings. The first-order valence-corrected chi connectivity index (χ1v) is 7.13. The average Bonchev–Trinajstić information content (AvgIpc) is 2.89. The molecule has 1 aliphatic heterocycles. The van der Waals surface area contributed by atoms with Gasteiger partial charge in [-0.2, -0.15) is 0 Å². The standard InChI is InChI=1S/C14H15NO2S/c1-3-17-14(16)12-10-5-4-9(2)8-11(10)15-6-7-18-13(12)15/h4-5,8H,3,6-7H2,1-2H3. The highest BCUT2D eigenvalue weighted by Gasteiger charge is 2.26. The molecule has 0 radical (unpaired) electrons. The molecule has 0 aliphatic carbocycles. The fourth-order valence-corrected chi connectivity index (χ4v) is 3.59. The van der Waals surface area contributed by atoms with Gasteiger partial charge in [-0.25, -0.2) is 4.79 Å². The van der Waals surface area contributed by atoms with Crippen molar-refractivity contribution >= 4 is 28.6 Å². The van der Waals surface area contributed by atoms with Crippen molar-refractivity contribution in [3.05, 3.63) is 29.3 Å². The number of carbonyl (C=O) groups is 1. The van der Waals surface area contributed by atoms with Crippen molar-refractivity contribution in [2.45, 2.75) is 25.4 Å². The first-order valence-electron chi connectivity index (χ1n) is 6.15. The van der Waals surface area contributed by atoms with Crippen LogP contribution in [-0.4, -0.2) is 22.9 Å². The molecule has 2 heterocycles. The second kappa shape index (κ2) is 4.35. The molecule has 0 amide bonds. The minimum Gasteiger partial charge on any atom is -0.462 e. The lowest BCUT2D eigenvalue weighted by Gasteiger charge is -2.02. The first kappa shape index (κ1) is 11.7. The number of carbonyl (C=O) groups excluding carboxylic acids is 1. The zero-order valence-electron chi connectivity index (χ0n) is 10.5. The van der Waals surface area contributed by atoms with E-state index in [1.165, 1.54) is 5.56 Å². The maximum Gasteiger partial charge on any atom is 0.341 e. The summed E-state index contributed by atoms with van der Waals surface area (Å²) >= 11 is 1.74. The third-order valence-corrected chi connectivity index (χ3v) is 4.29. The van der Waals surface area contributed by atoms with Crippen molar-refractivity contribution in [1.29, 1.82) is 0 Å². The van der Waals surface area contributed by atoms with Crippen LogP contribution >= 0.6 is 11.8 Å². The quantitative estimate of drug-likeness (QED) is 0.778. The molecule has 94 valence electrons. The van der Waals surface area contributed by atoms with Gasteiger partial charge in [-0.3, -0.25) is 0 Å². The Balaban J connectivity index is 2.27. The van der Waals surface area contributed by atoms with Gasteiger partial charge in [0.1, 0.15) is 0 Å². The van der Waals surface area contributed by atoms with Crippen LogP contribution < -0.4 is 0 Å². The molecule has 0 atom stereocenters. The molecule has 4 heteroatoms. The number of aromatic nitrogens is 1. The molecule has 3 nitrogen and oxygen atoms in total. The van der Waals surface area contributed by atoms with E-state index in [-0.39, 0.29) is 5.97 Å². The third kappa shape index (κ3) is 1.63. The molecule has 0 spiro atoms. The number of nitrogens with zero attached hydrogens (tertiary/aromatic N) is 1. The van der Waals surface area contributed by atoms with Gasteiger partial charge in [-0.15, -0.1) is 11.8 Å². The van der Waals surface area contributed by atoms with Crippen molar-refractivity contribution in [2.24, 2.45) is 0 Å². The summed E-state index contributed by atoms with van der Waals surface area (Å²) in [6, 6.07) is 6.22. The van der Waals surface area contributed by atoms with Gasteiger partial charge >= 0.3 is 5.97 Å². The summed E-state index contributed by atoms with van der Waals surface area (Å²) in [4.78, 5) is 12.1. The number of ether oxygens (including phenoxy) is 1. The van der Waals surface area contributed by atoms with E-state index in [4.69, 9.17) is 4.74 Å². The van der Waals surface area contributed by atoms with Gasteiger partial charge < -0.3 is 9.30 Å². The van der Waals surface area contributed by atoms with Gasteiger partial charge in [-0.1, -0.05) is 12.1 Å². The van der Waals surface area contributed by atoms with Gasteiger partial charge in [0.25, 0.3) is 0 Å². The Labute approximate surface area is 110 Å². The van der Waals surface area contributed by atoms with Crippen LogP contribution in [0, 0.1) is 6.92 Å². The first-order chi connectivity index (χ1) is 8.72. The van der Waals surface area contributed by atoms with Crippen molar-refractivity contribution in [1.82, 2.24) is 4.57 Å². The summed E-state index contributed by atoms with van der Waals surface area (Å²) in [7, 11) is 0. The van der Waals surface area contributed by atoms with Crippen LogP contribution in [-0.2, 0) is 11.3 Å². The van der Waals surface area contributed by atoms with Crippen LogP contribution in [0.5, 0.6) is 0 Å². The predicted molar refractivity (Wildman–Crippen MR) is 73.4 cm³/mol. The Hall–Kier alpha value is -1.42. The highest BCUT2D eigenvalue weighted by Crippen LogP contribution is 2.38. The van der Waals surface area contributed by atoms with Crippen LogP contribution in [0.25, 0.3) is 10.9 Å². The number of esters is 1. The van der Waals surface area contributed by atoms with Gasteiger partial charge in [0, 0.05) is 17.7 Å². The molecule has 1 aliphatic rings. The Kier molecular flexibility index (Phi) is 2.82. The van der Waals surface area contributed by atoms with E-state index in [9.17, 15) is 4.79 Å². The SMILES string of the molecule is CCOC(=O)c1c2n(c3cc(C)ccc13)CCS2. The smallest absolute Gasteiger partial charge is 0.341 e. The number of hydrogen-bond donors (Lipinski definition) is 0. The molecule has 0 fully saturated rings. The number of thioether (sulfide) groups is 1. The zero-order chi connectivity index (χ0) is 12.7. The second-order valence-corrected chi connectivity index (χ2v) is 5.50. The van der Waals surface area contributed by atoms with Gasteiger partial charge in [0.05, 0.1) is 22.7 Å². The minimum absolute atomic E-state index is 0.200. The van der Waals surface area contributed by atoms with Crippen molar-refractivity contribution in [3.63, 3.8) is 0 Å². The molecule has 0 N–H and O–H groups in total. The second-order valence-electron chi connectivity index (χ2n) is 4.42. The predicted octanol–water partition coefficient (Wildman–Crippen LogP) is 3.23. The maximum atomic E-state index is 12.1. The van der Waals surface area contributed by atoms with E-state index < -0.39 is 0 Å². The summed E-state index contributed by atoms with van der Waals surface area (Å²) < 4.78 is 7.42. The number of hydrogen-bond acceptors (Lipinski definition) is 3. The molecule has 0 saturated carbocycles. The Morgan fingerprint density at radius 1 is 1.50 bits per heavy atom. The van der Waals surface area contributed by atoms with Crippen LogP contribution in [0.2, 0.25) is 0 Å². The van der Waals surface area contributed by atoms with E-state index in [1.807, 2.05) is 19.1 Å². The summed E-state index contributed by atoms with van der Waals surface area (Å²) in [6.45, 7) is 5.31.